The van der Waals surface area contributed by atoms with E-state index in [0.29, 0.717) is 16.7 Å². The average Bonchev–Trinajstić information content (AvgIpc) is 2.61. The largest absolute Gasteiger partial charge is 0.269 e. The molecule has 0 fully saturated rings. The van der Waals surface area contributed by atoms with E-state index in [-0.39, 0.29) is 11.3 Å². The number of nitro benzene ring substituents is 1. The van der Waals surface area contributed by atoms with Crippen molar-refractivity contribution in [2.45, 2.75) is 0 Å². The maximum Gasteiger partial charge on any atom is 0.269 e. The van der Waals surface area contributed by atoms with Crippen LogP contribution in [0.1, 0.15) is 0 Å². The van der Waals surface area contributed by atoms with Crippen LogP contribution in [0.15, 0.2) is 60.7 Å². The van der Waals surface area contributed by atoms with Gasteiger partial charge in [-0.15, -0.1) is 0 Å². The molecule has 4 aromatic rings. The molecule has 0 radical (unpaired) electrons. The Hall–Kier alpha value is -3.61. The van der Waals surface area contributed by atoms with Crippen LogP contribution in [-0.2, 0) is 0 Å². The van der Waals surface area contributed by atoms with E-state index in [2.05, 4.69) is 10.1 Å². The number of rotatable bonds is 2. The van der Waals surface area contributed by atoms with E-state index in [9.17, 15) is 10.1 Å². The lowest BCUT2D eigenvalue weighted by Crippen LogP contribution is -2.24. The summed E-state index contributed by atoms with van der Waals surface area (Å²) in [6.07, 6.45) is 0. The zero-order chi connectivity index (χ0) is 16.7. The summed E-state index contributed by atoms with van der Waals surface area (Å²) < 4.78 is 1.37. The van der Waals surface area contributed by atoms with Crippen LogP contribution in [0.5, 0.6) is 0 Å². The lowest BCUT2D eigenvalue weighted by atomic mass is 10.1. The lowest BCUT2D eigenvalue weighted by molar-refractivity contribution is -0.384. The smallest absolute Gasteiger partial charge is 0.265 e. The van der Waals surface area contributed by atoms with Gasteiger partial charge in [0.05, 0.1) is 16.1 Å². The summed E-state index contributed by atoms with van der Waals surface area (Å²) in [4.78, 5) is 14.6. The van der Waals surface area contributed by atoms with E-state index < -0.39 is 4.92 Å². The third-order valence-corrected chi connectivity index (χ3v) is 3.81. The number of hydrogen-bond acceptors (Lipinski definition) is 5. The van der Waals surface area contributed by atoms with Gasteiger partial charge in [0.2, 0.25) is 5.62 Å². The number of hydrogen-bond donors (Lipinski definition) is 1. The van der Waals surface area contributed by atoms with E-state index in [1.165, 1.54) is 16.8 Å². The molecule has 4 rings (SSSR count). The molecular weight excluding hydrogens is 306 g/mol. The van der Waals surface area contributed by atoms with E-state index in [1.54, 1.807) is 12.1 Å². The van der Waals surface area contributed by atoms with Crippen molar-refractivity contribution in [3.63, 3.8) is 0 Å². The molecule has 0 spiro atoms. The number of non-ortho nitro benzene ring substituents is 1. The first-order valence-electron chi connectivity index (χ1n) is 7.22. The quantitative estimate of drug-likeness (QED) is 0.349. The Morgan fingerprint density at radius 1 is 1.00 bits per heavy atom. The molecule has 0 aliphatic heterocycles. The summed E-state index contributed by atoms with van der Waals surface area (Å²) in [5, 5.41) is 25.4. The van der Waals surface area contributed by atoms with Gasteiger partial charge in [-0.25, -0.2) is 4.98 Å². The predicted octanol–water partition coefficient (Wildman–Crippen LogP) is 2.96. The number of fused-ring (bicyclic) bond motifs is 3. The van der Waals surface area contributed by atoms with Crippen molar-refractivity contribution >= 4 is 27.5 Å². The summed E-state index contributed by atoms with van der Waals surface area (Å²) in [6.45, 7) is 0. The van der Waals surface area contributed by atoms with Crippen LogP contribution in [0, 0.1) is 15.5 Å². The second-order valence-electron chi connectivity index (χ2n) is 5.28. The van der Waals surface area contributed by atoms with Crippen molar-refractivity contribution in [1.82, 2.24) is 14.8 Å². The Labute approximate surface area is 135 Å². The van der Waals surface area contributed by atoms with Gasteiger partial charge in [0, 0.05) is 17.5 Å². The molecule has 0 atom stereocenters. The lowest BCUT2D eigenvalue weighted by Gasteiger charge is -2.08. The first-order valence-corrected chi connectivity index (χ1v) is 7.22. The van der Waals surface area contributed by atoms with Gasteiger partial charge in [0.25, 0.3) is 5.69 Å². The van der Waals surface area contributed by atoms with Crippen LogP contribution in [0.2, 0.25) is 0 Å². The minimum atomic E-state index is -0.463. The van der Waals surface area contributed by atoms with Crippen molar-refractivity contribution < 1.29 is 4.92 Å². The highest BCUT2D eigenvalue weighted by molar-refractivity contribution is 6.03. The zero-order valence-corrected chi connectivity index (χ0v) is 12.4. The first kappa shape index (κ1) is 14.0. The third-order valence-electron chi connectivity index (χ3n) is 3.81. The summed E-state index contributed by atoms with van der Waals surface area (Å²) in [7, 11) is 0. The average molecular weight is 317 g/mol. The van der Waals surface area contributed by atoms with E-state index >= 15 is 0 Å². The Morgan fingerprint density at radius 2 is 1.75 bits per heavy atom. The first-order chi connectivity index (χ1) is 11.6. The van der Waals surface area contributed by atoms with Gasteiger partial charge >= 0.3 is 0 Å². The summed E-state index contributed by atoms with van der Waals surface area (Å²) in [5.74, 6) is 0. The minimum absolute atomic E-state index is 0.00919. The number of nitrogens with one attached hydrogen (secondary N) is 1. The van der Waals surface area contributed by atoms with Gasteiger partial charge in [0.15, 0.2) is 0 Å². The van der Waals surface area contributed by atoms with Gasteiger partial charge in [-0.2, -0.15) is 9.78 Å². The molecule has 0 bridgehead atoms. The van der Waals surface area contributed by atoms with E-state index in [0.717, 1.165) is 10.8 Å². The van der Waals surface area contributed by atoms with Gasteiger partial charge in [-0.3, -0.25) is 15.5 Å². The van der Waals surface area contributed by atoms with E-state index in [4.69, 9.17) is 5.41 Å². The van der Waals surface area contributed by atoms with Gasteiger partial charge < -0.3 is 0 Å². The Bertz CT molecular complexity index is 1150. The van der Waals surface area contributed by atoms with Crippen LogP contribution in [0.25, 0.3) is 27.5 Å². The van der Waals surface area contributed by atoms with Crippen molar-refractivity contribution in [3.8, 4) is 5.69 Å². The number of aromatic nitrogens is 3. The van der Waals surface area contributed by atoms with Gasteiger partial charge in [0.1, 0.15) is 5.52 Å². The molecule has 24 heavy (non-hydrogen) atoms. The molecule has 1 N–H and O–H groups in total. The second-order valence-corrected chi connectivity index (χ2v) is 5.28. The Balaban J connectivity index is 1.98. The molecule has 1 aromatic heterocycles. The standard InChI is InChI=1S/C17H11N5O2/c18-17-19-15-10-5-11-3-1-2-4-14(11)16(15)20-21(17)12-6-8-13(9-7-12)22(23)24/h1-10,18H. The minimum Gasteiger partial charge on any atom is -0.265 e. The molecule has 0 saturated carbocycles. The van der Waals surface area contributed by atoms with Crippen LogP contribution >= 0.6 is 0 Å². The van der Waals surface area contributed by atoms with Crippen molar-refractivity contribution in [2.24, 2.45) is 0 Å². The molecule has 7 nitrogen and oxygen atoms in total. The number of nitrogens with zero attached hydrogens (tertiary/aromatic N) is 4. The topological polar surface area (TPSA) is 97.7 Å². The molecule has 3 aromatic carbocycles. The van der Waals surface area contributed by atoms with Gasteiger partial charge in [-0.05, 0) is 23.6 Å². The molecule has 1 heterocycles. The van der Waals surface area contributed by atoms with Crippen molar-refractivity contribution in [2.75, 3.05) is 0 Å². The SMILES string of the molecule is N=c1nc2ccc3ccccc3c2nn1-c1ccc([N+](=O)[O-])cc1. The molecule has 0 aliphatic carbocycles. The van der Waals surface area contributed by atoms with Crippen LogP contribution < -0.4 is 5.62 Å². The third kappa shape index (κ3) is 2.19. The maximum atomic E-state index is 10.8. The predicted molar refractivity (Wildman–Crippen MR) is 88.9 cm³/mol. The van der Waals surface area contributed by atoms with Crippen LogP contribution in [-0.4, -0.2) is 19.7 Å². The van der Waals surface area contributed by atoms with Crippen molar-refractivity contribution in [3.05, 3.63) is 76.4 Å². The van der Waals surface area contributed by atoms with Crippen molar-refractivity contribution in [1.29, 1.82) is 5.41 Å². The summed E-state index contributed by atoms with van der Waals surface area (Å²) >= 11 is 0. The Kier molecular flexibility index (Phi) is 3.06. The van der Waals surface area contributed by atoms with Gasteiger partial charge in [-0.1, -0.05) is 30.3 Å². The molecule has 0 unspecified atom stereocenters. The Morgan fingerprint density at radius 3 is 2.50 bits per heavy atom. The molecule has 0 aliphatic rings. The monoisotopic (exact) mass is 317 g/mol. The fraction of sp³-hybridized carbons (Fsp3) is 0. The van der Waals surface area contributed by atoms with Crippen LogP contribution in [0.4, 0.5) is 5.69 Å². The zero-order valence-electron chi connectivity index (χ0n) is 12.4. The highest BCUT2D eigenvalue weighted by Crippen LogP contribution is 2.22. The fourth-order valence-corrected chi connectivity index (χ4v) is 2.64. The summed E-state index contributed by atoms with van der Waals surface area (Å²) in [6, 6.07) is 17.5. The molecule has 7 heteroatoms. The normalized spacial score (nSPS) is 11.0. The second kappa shape index (κ2) is 5.24. The fourth-order valence-electron chi connectivity index (χ4n) is 2.64. The highest BCUT2D eigenvalue weighted by atomic mass is 16.6. The summed E-state index contributed by atoms with van der Waals surface area (Å²) in [5.41, 5.74) is 1.82. The van der Waals surface area contributed by atoms with E-state index in [1.807, 2.05) is 36.4 Å². The highest BCUT2D eigenvalue weighted by Gasteiger charge is 2.09. The molecule has 0 amide bonds. The number of nitro groups is 1. The molecular formula is C17H11N5O2. The molecule has 0 saturated heterocycles. The number of benzene rings is 3. The molecule has 116 valence electrons. The maximum absolute atomic E-state index is 10.8. The van der Waals surface area contributed by atoms with Crippen LogP contribution in [0.3, 0.4) is 0 Å².